The summed E-state index contributed by atoms with van der Waals surface area (Å²) in [4.78, 5) is 0. The molecule has 0 radical (unpaired) electrons. The Kier molecular flexibility index (Phi) is 2.66. The molecule has 0 amide bonds. The molecule has 2 aliphatic heterocycles. The van der Waals surface area contributed by atoms with Gasteiger partial charge in [-0.3, -0.25) is 0 Å². The van der Waals surface area contributed by atoms with E-state index in [0.29, 0.717) is 0 Å². The van der Waals surface area contributed by atoms with Gasteiger partial charge in [0.15, 0.2) is 11.6 Å². The summed E-state index contributed by atoms with van der Waals surface area (Å²) in [6.45, 7) is 11.7. The molecule has 0 aromatic heterocycles. The molecule has 2 saturated heterocycles. The number of hydrogen-bond acceptors (Lipinski definition) is 4. The van der Waals surface area contributed by atoms with Crippen LogP contribution in [-0.4, -0.2) is 36.0 Å². The van der Waals surface area contributed by atoms with Crippen LogP contribution < -0.4 is 0 Å². The van der Waals surface area contributed by atoms with E-state index < -0.39 is 11.6 Å². The molecular weight excluding hydrogens is 232 g/mol. The lowest BCUT2D eigenvalue weighted by molar-refractivity contribution is -0.176. The maximum Gasteiger partial charge on any atom is 0.163 e. The van der Waals surface area contributed by atoms with Crippen molar-refractivity contribution < 1.29 is 18.9 Å². The van der Waals surface area contributed by atoms with Gasteiger partial charge in [0.1, 0.15) is 12.2 Å². The number of rotatable bonds is 1. The minimum Gasteiger partial charge on any atom is -0.344 e. The second-order valence-corrected chi connectivity index (χ2v) is 6.34. The largest absolute Gasteiger partial charge is 0.344 e. The van der Waals surface area contributed by atoms with Gasteiger partial charge in [0.2, 0.25) is 0 Å². The van der Waals surface area contributed by atoms with Gasteiger partial charge in [-0.15, -0.1) is 6.58 Å². The molecule has 2 heterocycles. The topological polar surface area (TPSA) is 36.9 Å². The Balaban J connectivity index is 1.89. The zero-order valence-corrected chi connectivity index (χ0v) is 11.5. The summed E-state index contributed by atoms with van der Waals surface area (Å²) in [6, 6.07) is 0. The molecular formula is C14H22O4. The van der Waals surface area contributed by atoms with Crippen molar-refractivity contribution in [2.24, 2.45) is 5.92 Å². The second-order valence-electron chi connectivity index (χ2n) is 6.34. The van der Waals surface area contributed by atoms with Crippen molar-refractivity contribution >= 4 is 0 Å². The van der Waals surface area contributed by atoms with E-state index in [-0.39, 0.29) is 30.3 Å². The molecule has 0 aromatic carbocycles. The standard InChI is InChI=1S/C14H22O4/c1-6-8-7-9-11(17-13(2,3)15-9)12-10(8)16-14(4,5)18-12/h6,8-12H,1,7H2,2-5H3/t8-,9-,10-,11-,12-/m1/s1. The molecule has 3 rings (SSSR count). The molecule has 3 fully saturated rings. The van der Waals surface area contributed by atoms with E-state index in [1.807, 2.05) is 33.8 Å². The van der Waals surface area contributed by atoms with Crippen molar-refractivity contribution in [1.82, 2.24) is 0 Å². The number of hydrogen-bond donors (Lipinski definition) is 0. The van der Waals surface area contributed by atoms with E-state index in [0.717, 1.165) is 6.42 Å². The van der Waals surface area contributed by atoms with Crippen molar-refractivity contribution in [2.45, 2.75) is 70.1 Å². The summed E-state index contributed by atoms with van der Waals surface area (Å²) in [6.07, 6.45) is 2.83. The second kappa shape index (κ2) is 3.79. The van der Waals surface area contributed by atoms with Crippen LogP contribution in [0.5, 0.6) is 0 Å². The minimum absolute atomic E-state index is 0.0243. The SMILES string of the molecule is C=C[C@@H]1C[C@H]2OC(C)(C)O[C@H]2[C@@H]2OC(C)(C)O[C@@H]21. The highest BCUT2D eigenvalue weighted by molar-refractivity contribution is 5.06. The first-order valence-electron chi connectivity index (χ1n) is 6.65. The molecule has 4 heteroatoms. The minimum atomic E-state index is -0.554. The Morgan fingerprint density at radius 1 is 0.889 bits per heavy atom. The van der Waals surface area contributed by atoms with Crippen LogP contribution >= 0.6 is 0 Å². The highest BCUT2D eigenvalue weighted by Gasteiger charge is 2.58. The molecule has 0 unspecified atom stereocenters. The first-order chi connectivity index (χ1) is 8.31. The molecule has 0 aromatic rings. The third-order valence-electron chi connectivity index (χ3n) is 3.94. The summed E-state index contributed by atoms with van der Waals surface area (Å²) in [5.41, 5.74) is 0. The van der Waals surface area contributed by atoms with E-state index in [1.165, 1.54) is 0 Å². The van der Waals surface area contributed by atoms with Gasteiger partial charge in [0, 0.05) is 5.92 Å². The fourth-order valence-corrected chi connectivity index (χ4v) is 3.36. The summed E-state index contributed by atoms with van der Waals surface area (Å²) < 4.78 is 24.0. The Morgan fingerprint density at radius 2 is 1.44 bits per heavy atom. The lowest BCUT2D eigenvalue weighted by Gasteiger charge is -2.35. The lowest BCUT2D eigenvalue weighted by atomic mass is 9.81. The average Bonchev–Trinajstić information content (AvgIpc) is 2.71. The fourth-order valence-electron chi connectivity index (χ4n) is 3.36. The highest BCUT2D eigenvalue weighted by Crippen LogP contribution is 2.46. The Labute approximate surface area is 108 Å². The van der Waals surface area contributed by atoms with Gasteiger partial charge < -0.3 is 18.9 Å². The summed E-state index contributed by atoms with van der Waals surface area (Å²) in [5, 5.41) is 0. The monoisotopic (exact) mass is 254 g/mol. The Bertz CT molecular complexity index is 363. The predicted molar refractivity (Wildman–Crippen MR) is 66.0 cm³/mol. The zero-order chi connectivity index (χ0) is 13.1. The van der Waals surface area contributed by atoms with Crippen LogP contribution in [0.4, 0.5) is 0 Å². The Morgan fingerprint density at radius 3 is 2.11 bits per heavy atom. The van der Waals surface area contributed by atoms with Crippen molar-refractivity contribution in [3.05, 3.63) is 12.7 Å². The van der Waals surface area contributed by atoms with Crippen LogP contribution in [0, 0.1) is 5.92 Å². The normalized spacial score (nSPS) is 48.6. The van der Waals surface area contributed by atoms with E-state index in [9.17, 15) is 0 Å². The summed E-state index contributed by atoms with van der Waals surface area (Å²) >= 11 is 0. The van der Waals surface area contributed by atoms with Gasteiger partial charge in [-0.05, 0) is 34.1 Å². The number of ether oxygens (including phenoxy) is 4. The molecule has 0 bridgehead atoms. The number of fused-ring (bicyclic) bond motifs is 3. The molecule has 4 nitrogen and oxygen atoms in total. The molecule has 1 aliphatic carbocycles. The van der Waals surface area contributed by atoms with Crippen molar-refractivity contribution in [1.29, 1.82) is 0 Å². The smallest absolute Gasteiger partial charge is 0.163 e. The summed E-state index contributed by atoms with van der Waals surface area (Å²) in [5.74, 6) is -0.830. The predicted octanol–water partition coefficient (Wildman–Crippen LogP) is 2.23. The maximum absolute atomic E-state index is 6.02. The van der Waals surface area contributed by atoms with E-state index in [4.69, 9.17) is 18.9 Å². The molecule has 0 spiro atoms. The van der Waals surface area contributed by atoms with Crippen LogP contribution in [0.3, 0.4) is 0 Å². The molecule has 5 atom stereocenters. The average molecular weight is 254 g/mol. The van der Waals surface area contributed by atoms with Crippen molar-refractivity contribution in [3.8, 4) is 0 Å². The van der Waals surface area contributed by atoms with Gasteiger partial charge in [0.05, 0.1) is 12.2 Å². The van der Waals surface area contributed by atoms with Gasteiger partial charge in [-0.25, -0.2) is 0 Å². The van der Waals surface area contributed by atoms with Gasteiger partial charge >= 0.3 is 0 Å². The maximum atomic E-state index is 6.02. The van der Waals surface area contributed by atoms with Gasteiger partial charge in [-0.1, -0.05) is 6.08 Å². The highest BCUT2D eigenvalue weighted by atomic mass is 16.8. The molecule has 0 N–H and O–H groups in total. The molecule has 1 saturated carbocycles. The van der Waals surface area contributed by atoms with Crippen LogP contribution in [0.1, 0.15) is 34.1 Å². The quantitative estimate of drug-likeness (QED) is 0.672. The van der Waals surface area contributed by atoms with Gasteiger partial charge in [-0.2, -0.15) is 0 Å². The lowest BCUT2D eigenvalue weighted by Crippen LogP contribution is -2.50. The third-order valence-corrected chi connectivity index (χ3v) is 3.94. The molecule has 3 aliphatic rings. The van der Waals surface area contributed by atoms with Gasteiger partial charge in [0.25, 0.3) is 0 Å². The van der Waals surface area contributed by atoms with Crippen LogP contribution in [0.25, 0.3) is 0 Å². The summed E-state index contributed by atoms with van der Waals surface area (Å²) in [7, 11) is 0. The van der Waals surface area contributed by atoms with E-state index in [2.05, 4.69) is 6.58 Å². The fraction of sp³-hybridized carbons (Fsp3) is 0.857. The third kappa shape index (κ3) is 1.92. The van der Waals surface area contributed by atoms with E-state index in [1.54, 1.807) is 0 Å². The van der Waals surface area contributed by atoms with Crippen LogP contribution in [0.2, 0.25) is 0 Å². The van der Waals surface area contributed by atoms with E-state index >= 15 is 0 Å². The first-order valence-corrected chi connectivity index (χ1v) is 6.65. The Hall–Kier alpha value is -0.420. The van der Waals surface area contributed by atoms with Crippen molar-refractivity contribution in [2.75, 3.05) is 0 Å². The zero-order valence-electron chi connectivity index (χ0n) is 11.5. The molecule has 18 heavy (non-hydrogen) atoms. The van der Waals surface area contributed by atoms with Crippen molar-refractivity contribution in [3.63, 3.8) is 0 Å². The first kappa shape index (κ1) is 12.6. The molecule has 102 valence electrons. The van der Waals surface area contributed by atoms with Crippen LogP contribution in [-0.2, 0) is 18.9 Å². The van der Waals surface area contributed by atoms with Crippen LogP contribution in [0.15, 0.2) is 12.7 Å².